The summed E-state index contributed by atoms with van der Waals surface area (Å²) in [5, 5.41) is 19.1. The first-order chi connectivity index (χ1) is 16.4. The predicted molar refractivity (Wildman–Crippen MR) is 123 cm³/mol. The van der Waals surface area contributed by atoms with E-state index in [1.54, 1.807) is 6.07 Å². The number of carbonyl (C=O) groups excluding carboxylic acids is 2. The number of nitrogens with one attached hydrogen (secondary N) is 2. The fourth-order valence-electron chi connectivity index (χ4n) is 3.97. The zero-order chi connectivity index (χ0) is 24.2. The Morgan fingerprint density at radius 3 is 2.71 bits per heavy atom. The summed E-state index contributed by atoms with van der Waals surface area (Å²) in [4.78, 5) is 42.1. The van der Waals surface area contributed by atoms with Gasteiger partial charge in [-0.25, -0.2) is 4.98 Å². The maximum atomic E-state index is 12.7. The van der Waals surface area contributed by atoms with E-state index >= 15 is 0 Å². The van der Waals surface area contributed by atoms with Crippen LogP contribution in [-0.4, -0.2) is 62.1 Å². The van der Waals surface area contributed by atoms with Gasteiger partial charge in [0.2, 0.25) is 11.7 Å². The molecule has 0 saturated carbocycles. The van der Waals surface area contributed by atoms with Crippen molar-refractivity contribution in [2.24, 2.45) is 5.92 Å². The Hall–Kier alpha value is -3.95. The van der Waals surface area contributed by atoms with Crippen molar-refractivity contribution >= 4 is 17.8 Å². The molecular formula is C24H27N5O5. The van der Waals surface area contributed by atoms with Crippen molar-refractivity contribution in [3.05, 3.63) is 48.0 Å². The van der Waals surface area contributed by atoms with Gasteiger partial charge in [-0.1, -0.05) is 26.0 Å². The van der Waals surface area contributed by atoms with Gasteiger partial charge in [0.25, 0.3) is 11.8 Å². The summed E-state index contributed by atoms with van der Waals surface area (Å²) >= 11 is 0. The Morgan fingerprint density at radius 2 is 2.00 bits per heavy atom. The molecule has 10 nitrogen and oxygen atoms in total. The van der Waals surface area contributed by atoms with Crippen LogP contribution in [0.25, 0.3) is 22.7 Å². The van der Waals surface area contributed by atoms with Crippen LogP contribution >= 0.6 is 0 Å². The smallest absolute Gasteiger partial charge is 0.308 e. The molecule has 0 aliphatic carbocycles. The van der Waals surface area contributed by atoms with Gasteiger partial charge in [0.05, 0.1) is 17.8 Å². The number of aromatic amines is 1. The molecule has 1 atom stereocenters. The summed E-state index contributed by atoms with van der Waals surface area (Å²) in [7, 11) is 0. The Bertz CT molecular complexity index is 1200. The fourth-order valence-corrected chi connectivity index (χ4v) is 3.97. The summed E-state index contributed by atoms with van der Waals surface area (Å²) in [5.74, 6) is -1.55. The minimum atomic E-state index is -0.889. The Balaban J connectivity index is 1.48. The van der Waals surface area contributed by atoms with Crippen molar-refractivity contribution in [1.29, 1.82) is 0 Å². The van der Waals surface area contributed by atoms with Crippen LogP contribution in [0.3, 0.4) is 0 Å². The second-order valence-corrected chi connectivity index (χ2v) is 8.34. The van der Waals surface area contributed by atoms with E-state index in [1.165, 1.54) is 11.1 Å². The van der Waals surface area contributed by atoms with Gasteiger partial charge in [0.1, 0.15) is 5.69 Å². The molecule has 1 saturated heterocycles. The van der Waals surface area contributed by atoms with Crippen molar-refractivity contribution < 1.29 is 23.9 Å². The van der Waals surface area contributed by atoms with Gasteiger partial charge in [-0.15, -0.1) is 0 Å². The molecule has 1 unspecified atom stereocenters. The number of rotatable bonds is 8. The summed E-state index contributed by atoms with van der Waals surface area (Å²) in [5.41, 5.74) is 2.25. The van der Waals surface area contributed by atoms with Crippen LogP contribution in [0.1, 0.15) is 54.2 Å². The van der Waals surface area contributed by atoms with E-state index in [2.05, 4.69) is 20.5 Å². The number of likely N-dealkylation sites (tertiary alicyclic amines) is 1. The van der Waals surface area contributed by atoms with E-state index in [1.807, 2.05) is 38.1 Å². The summed E-state index contributed by atoms with van der Waals surface area (Å²) in [6.07, 6.45) is 3.51. The lowest BCUT2D eigenvalue weighted by atomic mass is 10.1. The number of oxazole rings is 1. The number of carbonyl (C=O) groups is 3. The van der Waals surface area contributed by atoms with E-state index in [-0.39, 0.29) is 30.2 Å². The minimum Gasteiger partial charge on any atom is -0.481 e. The maximum absolute atomic E-state index is 12.7. The summed E-state index contributed by atoms with van der Waals surface area (Å²) < 4.78 is 5.69. The molecule has 0 radical (unpaired) electrons. The third-order valence-corrected chi connectivity index (χ3v) is 6.09. The number of nitrogens with zero attached hydrogens (tertiary/aromatic N) is 3. The Labute approximate surface area is 196 Å². The molecule has 0 spiro atoms. The summed E-state index contributed by atoms with van der Waals surface area (Å²) in [6, 6.07) is 9.00. The maximum Gasteiger partial charge on any atom is 0.308 e. The molecule has 2 aromatic heterocycles. The lowest BCUT2D eigenvalue weighted by molar-refractivity contribution is -0.141. The van der Waals surface area contributed by atoms with Crippen molar-refractivity contribution in [2.75, 3.05) is 13.1 Å². The van der Waals surface area contributed by atoms with E-state index < -0.39 is 11.9 Å². The highest BCUT2D eigenvalue weighted by Gasteiger charge is 2.32. The molecule has 4 rings (SSSR count). The Morgan fingerprint density at radius 1 is 1.24 bits per heavy atom. The number of amides is 2. The van der Waals surface area contributed by atoms with Crippen LogP contribution in [0, 0.1) is 5.92 Å². The number of carboxylic acid groups (broad SMARTS) is 1. The van der Waals surface area contributed by atoms with Crippen molar-refractivity contribution in [3.8, 4) is 22.7 Å². The number of aliphatic carboxylic acids is 1. The van der Waals surface area contributed by atoms with Crippen LogP contribution in [0.5, 0.6) is 0 Å². The molecule has 178 valence electrons. The number of H-pyrrole nitrogens is 1. The normalized spacial score (nSPS) is 15.6. The van der Waals surface area contributed by atoms with Gasteiger partial charge >= 0.3 is 5.97 Å². The third kappa shape index (κ3) is 4.85. The minimum absolute atomic E-state index is 0.0801. The van der Waals surface area contributed by atoms with Crippen LogP contribution in [0.2, 0.25) is 0 Å². The van der Waals surface area contributed by atoms with Crippen molar-refractivity contribution in [2.45, 2.75) is 39.2 Å². The second-order valence-electron chi connectivity index (χ2n) is 8.34. The molecule has 1 fully saturated rings. The van der Waals surface area contributed by atoms with Crippen molar-refractivity contribution in [3.63, 3.8) is 0 Å². The standard InChI is InChI=1S/C24H27N5O5/c1-3-17(4-2)26-21(30)20-12-25-22(34-20)15-7-5-6-14(10-15)18-11-19(28-27-18)23(31)29-9-8-16(13-29)24(32)33/h5-7,10-12,16-17H,3-4,8-9,13H2,1-2H3,(H,26,30)(H,27,28)(H,32,33). The SMILES string of the molecule is CCC(CC)NC(=O)c1cnc(-c2cccc(-c3cc(C(=O)N4CCC(C(=O)O)C4)[nH]n3)c2)o1. The lowest BCUT2D eigenvalue weighted by Gasteiger charge is -2.13. The van der Waals surface area contributed by atoms with Crippen molar-refractivity contribution in [1.82, 2.24) is 25.4 Å². The molecule has 10 heteroatoms. The molecular weight excluding hydrogens is 438 g/mol. The molecule has 34 heavy (non-hydrogen) atoms. The van der Waals surface area contributed by atoms with Crippen LogP contribution in [0.15, 0.2) is 40.9 Å². The highest BCUT2D eigenvalue weighted by molar-refractivity contribution is 5.94. The van der Waals surface area contributed by atoms with E-state index in [9.17, 15) is 14.4 Å². The monoisotopic (exact) mass is 465 g/mol. The van der Waals surface area contributed by atoms with E-state index in [0.717, 1.165) is 18.4 Å². The molecule has 3 N–H and O–H groups in total. The van der Waals surface area contributed by atoms with Crippen LogP contribution in [0.4, 0.5) is 0 Å². The highest BCUT2D eigenvalue weighted by atomic mass is 16.4. The van der Waals surface area contributed by atoms with Gasteiger partial charge in [-0.2, -0.15) is 5.10 Å². The zero-order valence-corrected chi connectivity index (χ0v) is 19.1. The average molecular weight is 466 g/mol. The number of benzene rings is 1. The number of carboxylic acids is 1. The molecule has 3 heterocycles. The lowest BCUT2D eigenvalue weighted by Crippen LogP contribution is -2.33. The molecule has 0 bridgehead atoms. The topological polar surface area (TPSA) is 141 Å². The quantitative estimate of drug-likeness (QED) is 0.464. The number of hydrogen-bond donors (Lipinski definition) is 3. The molecule has 1 aliphatic heterocycles. The Kier molecular flexibility index (Phi) is 6.76. The first-order valence-electron chi connectivity index (χ1n) is 11.3. The van der Waals surface area contributed by atoms with Gasteiger partial charge in [-0.05, 0) is 37.5 Å². The first kappa shape index (κ1) is 23.2. The third-order valence-electron chi connectivity index (χ3n) is 6.09. The molecule has 2 amide bonds. The average Bonchev–Trinajstić information content (AvgIpc) is 3.62. The number of aromatic nitrogens is 3. The van der Waals surface area contributed by atoms with E-state index in [0.29, 0.717) is 35.8 Å². The molecule has 1 aromatic carbocycles. The number of hydrogen-bond acceptors (Lipinski definition) is 6. The van der Waals surface area contributed by atoms with E-state index in [4.69, 9.17) is 9.52 Å². The van der Waals surface area contributed by atoms with Gasteiger partial charge in [0.15, 0.2) is 0 Å². The van der Waals surface area contributed by atoms with Crippen LogP contribution < -0.4 is 5.32 Å². The van der Waals surface area contributed by atoms with Gasteiger partial charge in [0, 0.05) is 30.3 Å². The molecule has 3 aromatic rings. The highest BCUT2D eigenvalue weighted by Crippen LogP contribution is 2.26. The van der Waals surface area contributed by atoms with Gasteiger partial charge in [-0.3, -0.25) is 19.5 Å². The zero-order valence-electron chi connectivity index (χ0n) is 19.1. The van der Waals surface area contributed by atoms with Crippen LogP contribution in [-0.2, 0) is 4.79 Å². The molecule has 1 aliphatic rings. The van der Waals surface area contributed by atoms with Gasteiger partial charge < -0.3 is 19.7 Å². The second kappa shape index (κ2) is 9.90. The largest absolute Gasteiger partial charge is 0.481 e. The first-order valence-corrected chi connectivity index (χ1v) is 11.3. The predicted octanol–water partition coefficient (Wildman–Crippen LogP) is 3.20. The summed E-state index contributed by atoms with van der Waals surface area (Å²) in [6.45, 7) is 4.61. The fraction of sp³-hybridized carbons (Fsp3) is 0.375.